The van der Waals surface area contributed by atoms with E-state index < -0.39 is 12.1 Å². The highest BCUT2D eigenvalue weighted by Gasteiger charge is 2.23. The van der Waals surface area contributed by atoms with E-state index in [0.717, 1.165) is 25.7 Å². The van der Waals surface area contributed by atoms with Gasteiger partial charge in [0.25, 0.3) is 11.5 Å². The molecule has 2 aromatic rings. The van der Waals surface area contributed by atoms with Gasteiger partial charge in [-0.25, -0.2) is 5.10 Å². The lowest BCUT2D eigenvalue weighted by atomic mass is 9.95. The van der Waals surface area contributed by atoms with Crippen LogP contribution in [-0.2, 0) is 20.7 Å². The minimum Gasteiger partial charge on any atom is -0.452 e. The minimum atomic E-state index is -0.863. The van der Waals surface area contributed by atoms with Gasteiger partial charge in [0, 0.05) is 11.4 Å². The number of rotatable bonds is 5. The van der Waals surface area contributed by atoms with E-state index in [0.29, 0.717) is 16.5 Å². The molecule has 1 aromatic heterocycles. The van der Waals surface area contributed by atoms with Gasteiger partial charge in [-0.2, -0.15) is 5.10 Å². The van der Waals surface area contributed by atoms with E-state index in [-0.39, 0.29) is 23.9 Å². The van der Waals surface area contributed by atoms with E-state index in [2.05, 4.69) is 15.5 Å². The zero-order valence-corrected chi connectivity index (χ0v) is 14.8. The number of benzene rings is 1. The molecule has 138 valence electrons. The molecule has 0 unspecified atom stereocenters. The number of carbonyl (C=O) groups is 2. The Morgan fingerprint density at radius 1 is 1.23 bits per heavy atom. The standard InChI is InChI=1S/C19H23N3O4/c1-12(18(24)20-13-7-3-2-4-8-13)26-17(23)11-16-14-9-5-6-10-15(14)19(25)22-21-16/h5-6,9-10,12-13H,2-4,7-8,11H2,1H3,(H,20,24)(H,22,25)/t12-/m1/s1. The van der Waals surface area contributed by atoms with Crippen molar-refractivity contribution in [3.63, 3.8) is 0 Å². The van der Waals surface area contributed by atoms with Crippen LogP contribution in [0.5, 0.6) is 0 Å². The number of H-pyrrole nitrogens is 1. The van der Waals surface area contributed by atoms with Crippen LogP contribution in [0.4, 0.5) is 0 Å². The van der Waals surface area contributed by atoms with Gasteiger partial charge in [-0.1, -0.05) is 37.5 Å². The number of hydrogen-bond donors (Lipinski definition) is 2. The van der Waals surface area contributed by atoms with Crippen LogP contribution in [0.3, 0.4) is 0 Å². The number of amides is 1. The lowest BCUT2D eigenvalue weighted by Crippen LogP contribution is -2.43. The number of nitrogens with one attached hydrogen (secondary N) is 2. The van der Waals surface area contributed by atoms with Crippen molar-refractivity contribution in [2.24, 2.45) is 0 Å². The van der Waals surface area contributed by atoms with Gasteiger partial charge in [-0.15, -0.1) is 0 Å². The van der Waals surface area contributed by atoms with Crippen LogP contribution >= 0.6 is 0 Å². The number of aromatic amines is 1. The molecule has 0 saturated heterocycles. The average Bonchev–Trinajstić information content (AvgIpc) is 2.65. The monoisotopic (exact) mass is 357 g/mol. The van der Waals surface area contributed by atoms with E-state index in [1.807, 2.05) is 0 Å². The molecule has 1 amide bonds. The smallest absolute Gasteiger partial charge is 0.312 e. The maximum atomic E-state index is 12.2. The Bertz CT molecular complexity index is 855. The maximum Gasteiger partial charge on any atom is 0.312 e. The molecular formula is C19H23N3O4. The summed E-state index contributed by atoms with van der Waals surface area (Å²) in [4.78, 5) is 36.2. The summed E-state index contributed by atoms with van der Waals surface area (Å²) in [5, 5.41) is 10.4. The van der Waals surface area contributed by atoms with Gasteiger partial charge in [0.2, 0.25) is 0 Å². The summed E-state index contributed by atoms with van der Waals surface area (Å²) in [5.41, 5.74) is 0.114. The fraction of sp³-hybridized carbons (Fsp3) is 0.474. The summed E-state index contributed by atoms with van der Waals surface area (Å²) in [6.07, 6.45) is 4.40. The molecule has 1 fully saturated rings. The Morgan fingerprint density at radius 3 is 2.65 bits per heavy atom. The first-order valence-corrected chi connectivity index (χ1v) is 9.01. The SMILES string of the molecule is C[C@@H](OC(=O)Cc1n[nH]c(=O)c2ccccc12)C(=O)NC1CCCCC1. The third-order valence-electron chi connectivity index (χ3n) is 4.72. The van der Waals surface area contributed by atoms with Gasteiger partial charge in [0.1, 0.15) is 0 Å². The predicted molar refractivity (Wildman–Crippen MR) is 96.6 cm³/mol. The normalized spacial score (nSPS) is 16.2. The molecule has 7 nitrogen and oxygen atoms in total. The summed E-state index contributed by atoms with van der Waals surface area (Å²) in [6.45, 7) is 1.56. The largest absolute Gasteiger partial charge is 0.452 e. The topological polar surface area (TPSA) is 101 Å². The number of ether oxygens (including phenoxy) is 1. The van der Waals surface area contributed by atoms with Crippen LogP contribution in [-0.4, -0.2) is 34.2 Å². The van der Waals surface area contributed by atoms with Crippen molar-refractivity contribution in [1.82, 2.24) is 15.5 Å². The molecule has 26 heavy (non-hydrogen) atoms. The van der Waals surface area contributed by atoms with Crippen LogP contribution in [0.1, 0.15) is 44.7 Å². The van der Waals surface area contributed by atoms with E-state index in [9.17, 15) is 14.4 Å². The zero-order chi connectivity index (χ0) is 18.5. The second-order valence-electron chi connectivity index (χ2n) is 6.70. The fourth-order valence-electron chi connectivity index (χ4n) is 3.30. The summed E-state index contributed by atoms with van der Waals surface area (Å²) in [6, 6.07) is 7.10. The van der Waals surface area contributed by atoms with Gasteiger partial charge in [0.15, 0.2) is 6.10 Å². The lowest BCUT2D eigenvalue weighted by Gasteiger charge is -2.24. The lowest BCUT2D eigenvalue weighted by molar-refractivity contribution is -0.154. The van der Waals surface area contributed by atoms with Crippen LogP contribution in [0.15, 0.2) is 29.1 Å². The van der Waals surface area contributed by atoms with Crippen LogP contribution in [0.2, 0.25) is 0 Å². The Kier molecular flexibility index (Phi) is 5.65. The van der Waals surface area contributed by atoms with Crippen molar-refractivity contribution in [3.8, 4) is 0 Å². The molecule has 0 aliphatic heterocycles. The molecule has 0 bridgehead atoms. The molecule has 1 aromatic carbocycles. The number of fused-ring (bicyclic) bond motifs is 1. The number of esters is 1. The van der Waals surface area contributed by atoms with Crippen molar-refractivity contribution in [1.29, 1.82) is 0 Å². The predicted octanol–water partition coefficient (Wildman–Crippen LogP) is 1.85. The quantitative estimate of drug-likeness (QED) is 0.795. The van der Waals surface area contributed by atoms with Gasteiger partial charge < -0.3 is 10.1 Å². The zero-order valence-electron chi connectivity index (χ0n) is 14.8. The number of hydrogen-bond acceptors (Lipinski definition) is 5. The van der Waals surface area contributed by atoms with Crippen LogP contribution < -0.4 is 10.9 Å². The number of carbonyl (C=O) groups excluding carboxylic acids is 2. The summed E-state index contributed by atoms with van der Waals surface area (Å²) < 4.78 is 5.25. The molecule has 7 heteroatoms. The Labute approximate surface area is 151 Å². The van der Waals surface area contributed by atoms with Crippen molar-refractivity contribution < 1.29 is 14.3 Å². The maximum absolute atomic E-state index is 12.2. The Balaban J connectivity index is 1.61. The molecule has 3 rings (SSSR count). The number of nitrogens with zero attached hydrogens (tertiary/aromatic N) is 1. The molecule has 2 N–H and O–H groups in total. The van der Waals surface area contributed by atoms with Crippen LogP contribution in [0, 0.1) is 0 Å². The molecule has 1 aliphatic carbocycles. The van der Waals surface area contributed by atoms with Crippen molar-refractivity contribution >= 4 is 22.6 Å². The average molecular weight is 357 g/mol. The number of aromatic nitrogens is 2. The first kappa shape index (κ1) is 18.1. The van der Waals surface area contributed by atoms with Crippen molar-refractivity contribution in [3.05, 3.63) is 40.3 Å². The van der Waals surface area contributed by atoms with Gasteiger partial charge >= 0.3 is 5.97 Å². The first-order valence-electron chi connectivity index (χ1n) is 9.01. The third-order valence-corrected chi connectivity index (χ3v) is 4.72. The van der Waals surface area contributed by atoms with Crippen molar-refractivity contribution in [2.75, 3.05) is 0 Å². The first-order chi connectivity index (χ1) is 12.5. The van der Waals surface area contributed by atoms with Gasteiger partial charge in [0.05, 0.1) is 17.5 Å². The molecule has 1 atom stereocenters. The molecule has 0 radical (unpaired) electrons. The molecular weight excluding hydrogens is 334 g/mol. The summed E-state index contributed by atoms with van der Waals surface area (Å²) in [5.74, 6) is -0.828. The highest BCUT2D eigenvalue weighted by atomic mass is 16.5. The molecule has 1 heterocycles. The van der Waals surface area contributed by atoms with E-state index in [4.69, 9.17) is 4.74 Å². The molecule has 1 saturated carbocycles. The van der Waals surface area contributed by atoms with Crippen LogP contribution in [0.25, 0.3) is 10.8 Å². The minimum absolute atomic E-state index is 0.113. The third kappa shape index (κ3) is 4.28. The van der Waals surface area contributed by atoms with Gasteiger partial charge in [-0.3, -0.25) is 14.4 Å². The molecule has 1 aliphatic rings. The second kappa shape index (κ2) is 8.12. The van der Waals surface area contributed by atoms with E-state index >= 15 is 0 Å². The molecule has 0 spiro atoms. The second-order valence-corrected chi connectivity index (χ2v) is 6.70. The summed E-state index contributed by atoms with van der Waals surface area (Å²) in [7, 11) is 0. The van der Waals surface area contributed by atoms with Crippen molar-refractivity contribution in [2.45, 2.75) is 57.6 Å². The highest BCUT2D eigenvalue weighted by molar-refractivity contribution is 5.88. The highest BCUT2D eigenvalue weighted by Crippen LogP contribution is 2.18. The van der Waals surface area contributed by atoms with E-state index in [1.54, 1.807) is 31.2 Å². The summed E-state index contributed by atoms with van der Waals surface area (Å²) >= 11 is 0. The fourth-order valence-corrected chi connectivity index (χ4v) is 3.30. The Hall–Kier alpha value is -2.70. The Morgan fingerprint density at radius 2 is 1.92 bits per heavy atom. The van der Waals surface area contributed by atoms with E-state index in [1.165, 1.54) is 6.42 Å². The van der Waals surface area contributed by atoms with Gasteiger partial charge in [-0.05, 0) is 25.8 Å².